The summed E-state index contributed by atoms with van der Waals surface area (Å²) in [5.74, 6) is -2.47. The third kappa shape index (κ3) is 6.13. The van der Waals surface area contributed by atoms with Gasteiger partial charge in [-0.2, -0.15) is 5.10 Å². The van der Waals surface area contributed by atoms with Crippen LogP contribution < -0.4 is 26.0 Å². The Morgan fingerprint density at radius 1 is 1.05 bits per heavy atom. The van der Waals surface area contributed by atoms with Gasteiger partial charge in [0.25, 0.3) is 17.7 Å². The molecule has 5 rings (SSSR count). The van der Waals surface area contributed by atoms with Crippen molar-refractivity contribution in [2.45, 2.75) is 33.0 Å². The highest BCUT2D eigenvalue weighted by molar-refractivity contribution is 6.00. The minimum Gasteiger partial charge on any atom is -0.482 e. The number of rotatable bonds is 8. The van der Waals surface area contributed by atoms with Crippen LogP contribution in [0.15, 0.2) is 54.7 Å². The maximum Gasteiger partial charge on any atom is 0.270 e. The number of anilines is 1. The Balaban J connectivity index is 1.27. The SMILES string of the molecule is Cc1ccc(CNC(=O)[C@H](C)NC(=O)c2cc(C(=O)NCc3ccc4c(c3)NC(=O)CO4)nc3c(F)cnn23)cc1. The molecule has 0 radical (unpaired) electrons. The zero-order chi connectivity index (χ0) is 29.1. The first kappa shape index (κ1) is 27.2. The van der Waals surface area contributed by atoms with E-state index in [0.29, 0.717) is 17.0 Å². The molecule has 1 aliphatic rings. The van der Waals surface area contributed by atoms with E-state index in [9.17, 15) is 23.6 Å². The van der Waals surface area contributed by atoms with Crippen LogP contribution in [-0.2, 0) is 22.7 Å². The van der Waals surface area contributed by atoms with Crippen molar-refractivity contribution in [1.29, 1.82) is 0 Å². The van der Waals surface area contributed by atoms with E-state index in [1.807, 2.05) is 31.2 Å². The molecule has 0 saturated heterocycles. The largest absolute Gasteiger partial charge is 0.482 e. The topological polar surface area (TPSA) is 156 Å². The Labute approximate surface area is 233 Å². The molecule has 12 nitrogen and oxygen atoms in total. The molecule has 0 unspecified atom stereocenters. The van der Waals surface area contributed by atoms with Gasteiger partial charge in [0, 0.05) is 19.2 Å². The molecule has 4 N–H and O–H groups in total. The lowest BCUT2D eigenvalue weighted by molar-refractivity contribution is -0.122. The van der Waals surface area contributed by atoms with E-state index < -0.39 is 29.6 Å². The molecular formula is C28H26FN7O5. The molecular weight excluding hydrogens is 533 g/mol. The quantitative estimate of drug-likeness (QED) is 0.257. The monoisotopic (exact) mass is 559 g/mol. The fraction of sp³-hybridized carbons (Fsp3) is 0.214. The molecule has 1 atom stereocenters. The fourth-order valence-electron chi connectivity index (χ4n) is 4.11. The number of nitrogens with one attached hydrogen (secondary N) is 4. The van der Waals surface area contributed by atoms with E-state index in [4.69, 9.17) is 4.74 Å². The molecule has 4 amide bonds. The zero-order valence-corrected chi connectivity index (χ0v) is 22.2. The predicted molar refractivity (Wildman–Crippen MR) is 145 cm³/mol. The van der Waals surface area contributed by atoms with Gasteiger partial charge in [-0.3, -0.25) is 19.2 Å². The summed E-state index contributed by atoms with van der Waals surface area (Å²) in [6.07, 6.45) is 0.877. The van der Waals surface area contributed by atoms with Crippen LogP contribution in [0, 0.1) is 12.7 Å². The Kier molecular flexibility index (Phi) is 7.59. The summed E-state index contributed by atoms with van der Waals surface area (Å²) in [5, 5.41) is 14.5. The zero-order valence-electron chi connectivity index (χ0n) is 22.2. The lowest BCUT2D eigenvalue weighted by atomic mass is 10.1. The first-order valence-electron chi connectivity index (χ1n) is 12.7. The lowest BCUT2D eigenvalue weighted by Crippen LogP contribution is -2.45. The number of benzene rings is 2. The maximum absolute atomic E-state index is 14.4. The second kappa shape index (κ2) is 11.4. The van der Waals surface area contributed by atoms with Crippen LogP contribution in [-0.4, -0.2) is 50.9 Å². The molecule has 0 saturated carbocycles. The molecule has 41 heavy (non-hydrogen) atoms. The van der Waals surface area contributed by atoms with Gasteiger partial charge in [-0.1, -0.05) is 35.9 Å². The van der Waals surface area contributed by atoms with Crippen LogP contribution in [0.5, 0.6) is 5.75 Å². The van der Waals surface area contributed by atoms with Crippen molar-refractivity contribution < 1.29 is 28.3 Å². The van der Waals surface area contributed by atoms with Gasteiger partial charge in [-0.15, -0.1) is 0 Å². The molecule has 13 heteroatoms. The third-order valence-corrected chi connectivity index (χ3v) is 6.35. The van der Waals surface area contributed by atoms with E-state index >= 15 is 0 Å². The van der Waals surface area contributed by atoms with Crippen molar-refractivity contribution in [3.8, 4) is 5.75 Å². The van der Waals surface area contributed by atoms with E-state index in [2.05, 4.69) is 31.3 Å². The Morgan fingerprint density at radius 3 is 2.56 bits per heavy atom. The van der Waals surface area contributed by atoms with Crippen LogP contribution in [0.25, 0.3) is 5.65 Å². The van der Waals surface area contributed by atoms with Gasteiger partial charge < -0.3 is 26.0 Å². The van der Waals surface area contributed by atoms with E-state index in [1.165, 1.54) is 13.0 Å². The second-order valence-corrected chi connectivity index (χ2v) is 9.50. The number of hydrogen-bond donors (Lipinski definition) is 4. The van der Waals surface area contributed by atoms with Gasteiger partial charge >= 0.3 is 0 Å². The number of hydrogen-bond acceptors (Lipinski definition) is 7. The Bertz CT molecular complexity index is 1670. The van der Waals surface area contributed by atoms with E-state index in [-0.39, 0.29) is 42.6 Å². The van der Waals surface area contributed by atoms with Crippen molar-refractivity contribution in [3.05, 3.63) is 88.6 Å². The molecule has 210 valence electrons. The summed E-state index contributed by atoms with van der Waals surface area (Å²) >= 11 is 0. The van der Waals surface area contributed by atoms with Crippen molar-refractivity contribution in [1.82, 2.24) is 30.5 Å². The highest BCUT2D eigenvalue weighted by atomic mass is 19.1. The number of aryl methyl sites for hydroxylation is 1. The van der Waals surface area contributed by atoms with Crippen molar-refractivity contribution in [3.63, 3.8) is 0 Å². The van der Waals surface area contributed by atoms with E-state index in [0.717, 1.165) is 21.8 Å². The molecule has 0 bridgehead atoms. The number of aromatic nitrogens is 3. The molecule has 0 spiro atoms. The minimum absolute atomic E-state index is 0.0519. The molecule has 4 aromatic rings. The first-order valence-corrected chi connectivity index (χ1v) is 12.7. The van der Waals surface area contributed by atoms with Crippen LogP contribution >= 0.6 is 0 Å². The molecule has 1 aliphatic heterocycles. The average Bonchev–Trinajstić information content (AvgIpc) is 3.34. The average molecular weight is 560 g/mol. The van der Waals surface area contributed by atoms with E-state index in [1.54, 1.807) is 18.2 Å². The maximum atomic E-state index is 14.4. The number of fused-ring (bicyclic) bond motifs is 2. The van der Waals surface area contributed by atoms with Crippen LogP contribution in [0.4, 0.5) is 10.1 Å². The van der Waals surface area contributed by atoms with Gasteiger partial charge in [-0.05, 0) is 37.1 Å². The summed E-state index contributed by atoms with van der Waals surface area (Å²) in [4.78, 5) is 54.3. The smallest absolute Gasteiger partial charge is 0.270 e. The fourth-order valence-corrected chi connectivity index (χ4v) is 4.11. The van der Waals surface area contributed by atoms with Gasteiger partial charge in [0.05, 0.1) is 11.9 Å². The van der Waals surface area contributed by atoms with Crippen LogP contribution in [0.3, 0.4) is 0 Å². The lowest BCUT2D eigenvalue weighted by Gasteiger charge is -2.18. The Morgan fingerprint density at radius 2 is 1.78 bits per heavy atom. The molecule has 0 fully saturated rings. The minimum atomic E-state index is -0.942. The Hall–Kier alpha value is -5.33. The number of nitrogens with zero attached hydrogens (tertiary/aromatic N) is 3. The number of halogens is 1. The highest BCUT2D eigenvalue weighted by Gasteiger charge is 2.23. The molecule has 0 aliphatic carbocycles. The standard InChI is InChI=1S/C28H26FN7O5/c1-15-3-5-17(6-4-15)11-30-26(38)16(2)33-28(40)22-10-21(35-25-19(29)13-32-36(22)25)27(39)31-12-18-7-8-23-20(9-18)34-24(37)14-41-23/h3-10,13,16H,11-12,14H2,1-2H3,(H,30,38)(H,31,39)(H,33,40)(H,34,37)/t16-/m0/s1. The van der Waals surface area contributed by atoms with Gasteiger partial charge in [0.15, 0.2) is 18.1 Å². The summed E-state index contributed by atoms with van der Waals surface area (Å²) < 4.78 is 20.7. The van der Waals surface area contributed by atoms with Crippen LogP contribution in [0.2, 0.25) is 0 Å². The summed E-state index contributed by atoms with van der Waals surface area (Å²) in [7, 11) is 0. The third-order valence-electron chi connectivity index (χ3n) is 6.35. The molecule has 2 aromatic heterocycles. The summed E-state index contributed by atoms with van der Waals surface area (Å²) in [5.41, 5.74) is 2.38. The summed E-state index contributed by atoms with van der Waals surface area (Å²) in [6, 6.07) is 12.9. The van der Waals surface area contributed by atoms with Crippen molar-refractivity contribution in [2.75, 3.05) is 11.9 Å². The number of carbonyl (C=O) groups is 4. The van der Waals surface area contributed by atoms with Gasteiger partial charge in [-0.25, -0.2) is 13.9 Å². The van der Waals surface area contributed by atoms with Crippen molar-refractivity contribution in [2.24, 2.45) is 0 Å². The van der Waals surface area contributed by atoms with Crippen molar-refractivity contribution >= 4 is 35.0 Å². The number of carbonyl (C=O) groups excluding carboxylic acids is 4. The normalized spacial score (nSPS) is 13.0. The highest BCUT2D eigenvalue weighted by Crippen LogP contribution is 2.28. The number of ether oxygens (including phenoxy) is 1. The number of amides is 4. The predicted octanol–water partition coefficient (Wildman–Crippen LogP) is 1.87. The molecule has 3 heterocycles. The molecule has 2 aromatic carbocycles. The van der Waals surface area contributed by atoms with Gasteiger partial charge in [0.2, 0.25) is 5.91 Å². The second-order valence-electron chi connectivity index (χ2n) is 9.50. The van der Waals surface area contributed by atoms with Crippen LogP contribution in [0.1, 0.15) is 44.6 Å². The first-order chi connectivity index (χ1) is 19.7. The summed E-state index contributed by atoms with van der Waals surface area (Å²) in [6.45, 7) is 3.72. The van der Waals surface area contributed by atoms with Gasteiger partial charge in [0.1, 0.15) is 23.2 Å².